The average molecular weight is 664 g/mol. The van der Waals surface area contributed by atoms with Gasteiger partial charge in [0, 0.05) is 5.33 Å². The van der Waals surface area contributed by atoms with E-state index in [9.17, 15) is 4.79 Å². The number of esters is 1. The molecule has 0 aromatic heterocycles. The lowest BCUT2D eigenvalue weighted by molar-refractivity contribution is -0.149. The van der Waals surface area contributed by atoms with Crippen molar-refractivity contribution < 1.29 is 9.53 Å². The number of halogens is 1. The van der Waals surface area contributed by atoms with E-state index in [4.69, 9.17) is 4.74 Å². The molecule has 0 aliphatic rings. The Morgan fingerprint density at radius 3 is 1.23 bits per heavy atom. The summed E-state index contributed by atoms with van der Waals surface area (Å²) < 4.78 is 5.85. The second-order valence-electron chi connectivity index (χ2n) is 12.3. The van der Waals surface area contributed by atoms with Crippen LogP contribution in [0.4, 0.5) is 0 Å². The van der Waals surface area contributed by atoms with Crippen molar-refractivity contribution in [2.24, 2.45) is 0 Å². The Bertz CT molecular complexity index is 630. The predicted molar refractivity (Wildman–Crippen MR) is 196 cm³/mol. The first-order valence-corrected chi connectivity index (χ1v) is 19.7. The smallest absolute Gasteiger partial charge is 0.306 e. The summed E-state index contributed by atoms with van der Waals surface area (Å²) in [7, 11) is 0. The van der Waals surface area contributed by atoms with Crippen LogP contribution in [0.1, 0.15) is 187 Å². The Hall–Kier alpha value is -1.09. The van der Waals surface area contributed by atoms with E-state index < -0.39 is 0 Å². The molecule has 250 valence electrons. The number of rotatable bonds is 33. The van der Waals surface area contributed by atoms with Crippen molar-refractivity contribution in [1.29, 1.82) is 0 Å². The fraction of sp³-hybridized carbons (Fsp3) is 0.775. The molecular weight excluding hydrogens is 592 g/mol. The van der Waals surface area contributed by atoms with E-state index >= 15 is 0 Å². The third-order valence-electron chi connectivity index (χ3n) is 8.05. The van der Waals surface area contributed by atoms with Crippen LogP contribution in [0.15, 0.2) is 48.6 Å². The Balaban J connectivity index is 3.81. The van der Waals surface area contributed by atoms with Gasteiger partial charge in [-0.2, -0.15) is 0 Å². The number of carbonyl (C=O) groups excluding carboxylic acids is 1. The fourth-order valence-corrected chi connectivity index (χ4v) is 5.63. The number of ether oxygens (including phenoxy) is 1. The molecule has 3 heteroatoms. The van der Waals surface area contributed by atoms with Crippen LogP contribution < -0.4 is 0 Å². The van der Waals surface area contributed by atoms with Gasteiger partial charge in [-0.05, 0) is 89.9 Å². The van der Waals surface area contributed by atoms with Gasteiger partial charge in [-0.3, -0.25) is 4.79 Å². The molecule has 0 fully saturated rings. The Morgan fingerprint density at radius 2 is 0.860 bits per heavy atom. The van der Waals surface area contributed by atoms with Gasteiger partial charge in [-0.15, -0.1) is 0 Å². The van der Waals surface area contributed by atoms with Gasteiger partial charge < -0.3 is 4.74 Å². The van der Waals surface area contributed by atoms with Crippen molar-refractivity contribution in [3.05, 3.63) is 48.6 Å². The number of unbranched alkanes of at least 4 members (excludes halogenated alkanes) is 18. The van der Waals surface area contributed by atoms with Crippen LogP contribution in [0.25, 0.3) is 0 Å². The highest BCUT2D eigenvalue weighted by atomic mass is 79.9. The lowest BCUT2D eigenvalue weighted by atomic mass is 10.0. The van der Waals surface area contributed by atoms with E-state index in [1.165, 1.54) is 141 Å². The van der Waals surface area contributed by atoms with E-state index in [0.29, 0.717) is 11.8 Å². The molecule has 0 unspecified atom stereocenters. The SMILES string of the molecule is CCCCC/C=C\C/C=C\CCCCCCCCC(CCCCCCCC/C=C\C/C=C\CCCCC)OC(=O)CCBr. The van der Waals surface area contributed by atoms with Crippen molar-refractivity contribution in [3.8, 4) is 0 Å². The molecule has 0 bridgehead atoms. The quantitative estimate of drug-likeness (QED) is 0.0302. The average Bonchev–Trinajstić information content (AvgIpc) is 3.00. The molecule has 0 saturated heterocycles. The standard InChI is InChI=1S/C40H71BrO2/c1-3-5-7-9-11-13-15-17-19-21-23-25-27-29-31-33-35-39(43-40(42)37-38-41)36-34-32-30-28-26-24-22-20-18-16-14-12-10-8-6-4-2/h11-14,17-20,39H,3-10,15-16,21-38H2,1-2H3/b13-11-,14-12-,19-17-,20-18-. The van der Waals surface area contributed by atoms with Gasteiger partial charge in [-0.25, -0.2) is 0 Å². The van der Waals surface area contributed by atoms with Crippen LogP contribution >= 0.6 is 15.9 Å². The molecule has 0 spiro atoms. The third kappa shape index (κ3) is 35.3. The lowest BCUT2D eigenvalue weighted by Crippen LogP contribution is -2.18. The summed E-state index contributed by atoms with van der Waals surface area (Å²) in [6.45, 7) is 4.52. The fourth-order valence-electron chi connectivity index (χ4n) is 5.30. The monoisotopic (exact) mass is 662 g/mol. The van der Waals surface area contributed by atoms with Gasteiger partial charge in [0.05, 0.1) is 6.42 Å². The molecule has 0 aromatic carbocycles. The maximum absolute atomic E-state index is 12.1. The zero-order chi connectivity index (χ0) is 31.3. The molecule has 0 aliphatic carbocycles. The van der Waals surface area contributed by atoms with E-state index in [1.807, 2.05) is 0 Å². The number of hydrogen-bond donors (Lipinski definition) is 0. The Labute approximate surface area is 277 Å². The normalized spacial score (nSPS) is 12.3. The van der Waals surface area contributed by atoms with Crippen molar-refractivity contribution in [2.75, 3.05) is 5.33 Å². The summed E-state index contributed by atoms with van der Waals surface area (Å²) in [5, 5.41) is 0.689. The van der Waals surface area contributed by atoms with Gasteiger partial charge in [0.15, 0.2) is 0 Å². The molecule has 43 heavy (non-hydrogen) atoms. The largest absolute Gasteiger partial charge is 0.462 e. The number of hydrogen-bond acceptors (Lipinski definition) is 2. The molecule has 0 amide bonds. The molecule has 0 aliphatic heterocycles. The minimum Gasteiger partial charge on any atom is -0.462 e. The summed E-state index contributed by atoms with van der Waals surface area (Å²) in [4.78, 5) is 12.1. The minimum atomic E-state index is -0.0399. The topological polar surface area (TPSA) is 26.3 Å². The molecule has 0 heterocycles. The Kier molecular flexibility index (Phi) is 36.2. The first-order valence-electron chi connectivity index (χ1n) is 18.6. The maximum atomic E-state index is 12.1. The molecule has 0 radical (unpaired) electrons. The zero-order valence-electron chi connectivity index (χ0n) is 28.7. The van der Waals surface area contributed by atoms with Crippen molar-refractivity contribution in [3.63, 3.8) is 0 Å². The van der Waals surface area contributed by atoms with Gasteiger partial charge in [0.1, 0.15) is 6.10 Å². The van der Waals surface area contributed by atoms with Crippen molar-refractivity contribution >= 4 is 21.9 Å². The van der Waals surface area contributed by atoms with E-state index in [-0.39, 0.29) is 12.1 Å². The van der Waals surface area contributed by atoms with Crippen LogP contribution in [0.5, 0.6) is 0 Å². The molecular formula is C40H71BrO2. The van der Waals surface area contributed by atoms with Crippen LogP contribution in [0.3, 0.4) is 0 Å². The van der Waals surface area contributed by atoms with Gasteiger partial charge >= 0.3 is 5.97 Å². The summed E-state index contributed by atoms with van der Waals surface area (Å²) in [6, 6.07) is 0. The summed E-state index contributed by atoms with van der Waals surface area (Å²) in [5.74, 6) is -0.0399. The van der Waals surface area contributed by atoms with Gasteiger partial charge in [0.2, 0.25) is 0 Å². The van der Waals surface area contributed by atoms with E-state index in [0.717, 1.165) is 25.7 Å². The maximum Gasteiger partial charge on any atom is 0.306 e. The molecule has 0 atom stereocenters. The molecule has 0 N–H and O–H groups in total. The number of carbonyl (C=O) groups is 1. The summed E-state index contributed by atoms with van der Waals surface area (Å²) in [5.41, 5.74) is 0. The zero-order valence-corrected chi connectivity index (χ0v) is 30.3. The second kappa shape index (κ2) is 37.1. The van der Waals surface area contributed by atoms with Crippen LogP contribution in [0.2, 0.25) is 0 Å². The summed E-state index contributed by atoms with van der Waals surface area (Å²) in [6.07, 6.45) is 51.7. The second-order valence-corrected chi connectivity index (χ2v) is 13.1. The third-order valence-corrected chi connectivity index (χ3v) is 8.45. The van der Waals surface area contributed by atoms with Crippen LogP contribution in [-0.2, 0) is 9.53 Å². The molecule has 0 rings (SSSR count). The number of allylic oxidation sites excluding steroid dienone is 8. The summed E-state index contributed by atoms with van der Waals surface area (Å²) >= 11 is 3.37. The van der Waals surface area contributed by atoms with Crippen LogP contribution in [-0.4, -0.2) is 17.4 Å². The molecule has 2 nitrogen and oxygen atoms in total. The number of alkyl halides is 1. The highest BCUT2D eigenvalue weighted by Gasteiger charge is 2.13. The van der Waals surface area contributed by atoms with Crippen LogP contribution in [0, 0.1) is 0 Å². The Morgan fingerprint density at radius 1 is 0.512 bits per heavy atom. The van der Waals surface area contributed by atoms with E-state index in [1.54, 1.807) is 0 Å². The van der Waals surface area contributed by atoms with Crippen molar-refractivity contribution in [1.82, 2.24) is 0 Å². The predicted octanol–water partition coefficient (Wildman–Crippen LogP) is 14.1. The first kappa shape index (κ1) is 41.9. The first-order chi connectivity index (χ1) is 21.2. The lowest BCUT2D eigenvalue weighted by Gasteiger charge is -2.18. The highest BCUT2D eigenvalue weighted by Crippen LogP contribution is 2.18. The van der Waals surface area contributed by atoms with Gasteiger partial charge in [-0.1, -0.05) is 155 Å². The van der Waals surface area contributed by atoms with Gasteiger partial charge in [0.25, 0.3) is 0 Å². The highest BCUT2D eigenvalue weighted by molar-refractivity contribution is 9.09. The molecule has 0 aromatic rings. The molecule has 0 saturated carbocycles. The van der Waals surface area contributed by atoms with Crippen molar-refractivity contribution in [2.45, 2.75) is 193 Å². The van der Waals surface area contributed by atoms with E-state index in [2.05, 4.69) is 78.4 Å². The minimum absolute atomic E-state index is 0.0399.